The minimum absolute atomic E-state index is 0.0247. The van der Waals surface area contributed by atoms with E-state index in [-0.39, 0.29) is 31.0 Å². The van der Waals surface area contributed by atoms with Crippen LogP contribution in [0, 0.1) is 0 Å². The summed E-state index contributed by atoms with van der Waals surface area (Å²) in [7, 11) is 0. The summed E-state index contributed by atoms with van der Waals surface area (Å²) in [4.78, 5) is 41.7. The Bertz CT molecular complexity index is 1820. The van der Waals surface area contributed by atoms with Crippen LogP contribution < -0.4 is 10.6 Å². The van der Waals surface area contributed by atoms with Gasteiger partial charge in [0.25, 0.3) is 11.8 Å². The number of hydrogen-bond acceptors (Lipinski definition) is 7. The largest absolute Gasteiger partial charge is 0.490 e. The normalized spacial score (nSPS) is 11.5. The van der Waals surface area contributed by atoms with E-state index in [1.54, 1.807) is 0 Å². The lowest BCUT2D eigenvalue weighted by Crippen LogP contribution is -2.33. The number of halogens is 6. The second-order valence-corrected chi connectivity index (χ2v) is 9.81. The molecule has 0 spiro atoms. The second kappa shape index (κ2) is 15.2. The van der Waals surface area contributed by atoms with Crippen molar-refractivity contribution in [3.63, 3.8) is 0 Å². The number of hydrogen-bond donors (Lipinski definition) is 4. The van der Waals surface area contributed by atoms with Gasteiger partial charge in [-0.15, -0.1) is 5.10 Å². The first-order valence-corrected chi connectivity index (χ1v) is 13.7. The van der Waals surface area contributed by atoms with Crippen LogP contribution in [0.5, 0.6) is 0 Å². The SMILES string of the molecule is O=C(NCC(F)(F)F)c1ccc(-n2nnc(C(=O)NCc3nc4ccccc4[nH]3)c2COCc2ccccc2)cc1.O=C(O)C(F)(F)F. The average molecular weight is 678 g/mol. The number of aromatic amines is 1. The van der Waals surface area contributed by atoms with Gasteiger partial charge in [0.2, 0.25) is 0 Å². The molecule has 5 rings (SSSR count). The lowest BCUT2D eigenvalue weighted by atomic mass is 10.2. The Hall–Kier alpha value is -5.78. The lowest BCUT2D eigenvalue weighted by Gasteiger charge is -2.11. The zero-order valence-electron chi connectivity index (χ0n) is 24.5. The van der Waals surface area contributed by atoms with E-state index in [0.29, 0.717) is 17.2 Å². The molecule has 0 aliphatic rings. The summed E-state index contributed by atoms with van der Waals surface area (Å²) in [5.41, 5.74) is 3.37. The summed E-state index contributed by atoms with van der Waals surface area (Å²) >= 11 is 0. The number of para-hydroxylation sites is 2. The van der Waals surface area contributed by atoms with E-state index in [9.17, 15) is 35.9 Å². The van der Waals surface area contributed by atoms with E-state index in [1.165, 1.54) is 28.9 Å². The van der Waals surface area contributed by atoms with Crippen molar-refractivity contribution in [3.05, 3.63) is 107 Å². The van der Waals surface area contributed by atoms with E-state index in [1.807, 2.05) is 59.9 Å². The predicted octanol–water partition coefficient (Wildman–Crippen LogP) is 4.72. The van der Waals surface area contributed by atoms with Gasteiger partial charge >= 0.3 is 18.3 Å². The fourth-order valence-electron chi connectivity index (χ4n) is 4.03. The Morgan fingerprint density at radius 3 is 2.10 bits per heavy atom. The number of nitrogens with one attached hydrogen (secondary N) is 3. The molecule has 2 amide bonds. The molecule has 0 unspecified atom stereocenters. The highest BCUT2D eigenvalue weighted by atomic mass is 19.4. The van der Waals surface area contributed by atoms with Crippen molar-refractivity contribution >= 4 is 28.8 Å². The van der Waals surface area contributed by atoms with Gasteiger partial charge in [0.05, 0.1) is 36.5 Å². The fraction of sp³-hybridized carbons (Fsp3) is 0.200. The van der Waals surface area contributed by atoms with Crippen LogP contribution in [0.2, 0.25) is 0 Å². The number of rotatable bonds is 10. The van der Waals surface area contributed by atoms with E-state index >= 15 is 0 Å². The number of H-pyrrole nitrogens is 1. The first-order chi connectivity index (χ1) is 22.7. The molecule has 0 saturated carbocycles. The summed E-state index contributed by atoms with van der Waals surface area (Å²) in [5, 5.41) is 19.9. The highest BCUT2D eigenvalue weighted by Crippen LogP contribution is 2.18. The number of carboxylic acids is 1. The van der Waals surface area contributed by atoms with Crippen LogP contribution in [0.25, 0.3) is 16.7 Å². The first-order valence-electron chi connectivity index (χ1n) is 13.7. The van der Waals surface area contributed by atoms with Crippen molar-refractivity contribution in [2.24, 2.45) is 0 Å². The van der Waals surface area contributed by atoms with Crippen LogP contribution in [0.3, 0.4) is 0 Å². The van der Waals surface area contributed by atoms with Crippen LogP contribution in [-0.4, -0.2) is 66.7 Å². The van der Waals surface area contributed by atoms with Gasteiger partial charge in [-0.25, -0.2) is 14.5 Å². The maximum atomic E-state index is 13.2. The van der Waals surface area contributed by atoms with Crippen molar-refractivity contribution in [1.29, 1.82) is 0 Å². The van der Waals surface area contributed by atoms with Crippen LogP contribution in [0.4, 0.5) is 26.3 Å². The van der Waals surface area contributed by atoms with Crippen LogP contribution in [-0.2, 0) is 29.3 Å². The molecule has 18 heteroatoms. The van der Waals surface area contributed by atoms with Crippen LogP contribution in [0.15, 0.2) is 78.9 Å². The number of benzene rings is 3. The second-order valence-electron chi connectivity index (χ2n) is 9.81. The highest BCUT2D eigenvalue weighted by molar-refractivity contribution is 5.94. The third-order valence-electron chi connectivity index (χ3n) is 6.25. The van der Waals surface area contributed by atoms with Crippen LogP contribution in [0.1, 0.15) is 37.9 Å². The third-order valence-corrected chi connectivity index (χ3v) is 6.25. The van der Waals surface area contributed by atoms with Crippen LogP contribution >= 0.6 is 0 Å². The number of nitrogens with zero attached hydrogens (tertiary/aromatic N) is 4. The number of carbonyl (C=O) groups excluding carboxylic acids is 2. The number of carboxylic acid groups (broad SMARTS) is 1. The van der Waals surface area contributed by atoms with Crippen molar-refractivity contribution in [1.82, 2.24) is 35.6 Å². The Kier molecular flexibility index (Phi) is 11.1. The van der Waals surface area contributed by atoms with Gasteiger partial charge in [0.15, 0.2) is 5.69 Å². The highest BCUT2D eigenvalue weighted by Gasteiger charge is 2.38. The standard InChI is InChI=1S/C28H24F3N7O3.C2HF3O2/c29-28(30,31)17-33-26(39)19-10-12-20(13-11-19)38-23(16-41-15-18-6-2-1-3-7-18)25(36-37-38)27(40)32-14-24-34-21-8-4-5-9-22(21)35-24;3-2(4,5)1(6)7/h1-13H,14-17H2,(H,32,40)(H,33,39)(H,34,35);(H,6,7). The van der Waals surface area contributed by atoms with E-state index in [2.05, 4.69) is 25.6 Å². The van der Waals surface area contributed by atoms with Crippen molar-refractivity contribution in [3.8, 4) is 5.69 Å². The quantitative estimate of drug-likeness (QED) is 0.154. The molecule has 252 valence electrons. The Morgan fingerprint density at radius 1 is 0.833 bits per heavy atom. The molecule has 0 aliphatic heterocycles. The molecular formula is C30H25F6N7O5. The van der Waals surface area contributed by atoms with Gasteiger partial charge in [0.1, 0.15) is 18.1 Å². The Morgan fingerprint density at radius 2 is 1.48 bits per heavy atom. The average Bonchev–Trinajstić information content (AvgIpc) is 3.67. The van der Waals surface area contributed by atoms with Crippen molar-refractivity contribution in [2.75, 3.05) is 6.54 Å². The van der Waals surface area contributed by atoms with Crippen molar-refractivity contribution < 1.29 is 50.6 Å². The molecule has 3 aromatic carbocycles. The number of ether oxygens (including phenoxy) is 1. The molecule has 0 aliphatic carbocycles. The number of fused-ring (bicyclic) bond motifs is 1. The van der Waals surface area contributed by atoms with Gasteiger partial charge in [-0.1, -0.05) is 47.7 Å². The Labute approximate surface area is 266 Å². The predicted molar refractivity (Wildman–Crippen MR) is 156 cm³/mol. The molecule has 4 N–H and O–H groups in total. The minimum Gasteiger partial charge on any atom is -0.475 e. The number of carbonyl (C=O) groups is 3. The molecular weight excluding hydrogens is 652 g/mol. The van der Waals surface area contributed by atoms with E-state index < -0.39 is 36.7 Å². The topological polar surface area (TPSA) is 164 Å². The Balaban J connectivity index is 0.000000671. The molecule has 2 heterocycles. The number of aromatic nitrogens is 5. The smallest absolute Gasteiger partial charge is 0.475 e. The molecule has 0 saturated heterocycles. The minimum atomic E-state index is -5.08. The maximum absolute atomic E-state index is 13.2. The monoisotopic (exact) mass is 677 g/mol. The number of aliphatic carboxylic acids is 1. The zero-order valence-corrected chi connectivity index (χ0v) is 24.5. The molecule has 5 aromatic rings. The molecule has 12 nitrogen and oxygen atoms in total. The number of amides is 2. The molecule has 48 heavy (non-hydrogen) atoms. The fourth-order valence-corrected chi connectivity index (χ4v) is 4.03. The number of imidazole rings is 1. The lowest BCUT2D eigenvalue weighted by molar-refractivity contribution is -0.192. The van der Waals surface area contributed by atoms with Crippen molar-refractivity contribution in [2.45, 2.75) is 32.1 Å². The molecule has 0 bridgehead atoms. The number of alkyl halides is 6. The first kappa shape index (κ1) is 35.1. The van der Waals surface area contributed by atoms with E-state index in [4.69, 9.17) is 14.6 Å². The van der Waals surface area contributed by atoms with Gasteiger partial charge in [-0.3, -0.25) is 9.59 Å². The molecule has 0 radical (unpaired) electrons. The van der Waals surface area contributed by atoms with Gasteiger partial charge in [-0.05, 0) is 42.0 Å². The van der Waals surface area contributed by atoms with E-state index in [0.717, 1.165) is 16.6 Å². The third kappa shape index (κ3) is 9.86. The van der Waals surface area contributed by atoms with Gasteiger partial charge in [-0.2, -0.15) is 26.3 Å². The maximum Gasteiger partial charge on any atom is 0.490 e. The molecule has 0 atom stereocenters. The van der Waals surface area contributed by atoms with Gasteiger partial charge < -0.3 is 25.5 Å². The summed E-state index contributed by atoms with van der Waals surface area (Å²) in [6, 6.07) is 22.7. The molecule has 2 aromatic heterocycles. The summed E-state index contributed by atoms with van der Waals surface area (Å²) in [5.74, 6) is -3.57. The summed E-state index contributed by atoms with van der Waals surface area (Å²) in [6.07, 6.45) is -9.60. The molecule has 0 fully saturated rings. The zero-order chi connectivity index (χ0) is 34.9. The van der Waals surface area contributed by atoms with Gasteiger partial charge in [0, 0.05) is 5.56 Å². The summed E-state index contributed by atoms with van der Waals surface area (Å²) < 4.78 is 76.4. The summed E-state index contributed by atoms with van der Waals surface area (Å²) in [6.45, 7) is -1.08.